The Morgan fingerprint density at radius 3 is 3.14 bits per heavy atom. The number of amides is 3. The van der Waals surface area contributed by atoms with Crippen molar-refractivity contribution in [2.24, 2.45) is 0 Å². The lowest BCUT2D eigenvalue weighted by Gasteiger charge is -2.24. The molecule has 0 radical (unpaired) electrons. The highest BCUT2D eigenvalue weighted by molar-refractivity contribution is 5.96. The number of rotatable bonds is 4. The van der Waals surface area contributed by atoms with Crippen LogP contribution in [0.15, 0.2) is 47.7 Å². The molecule has 6 nitrogen and oxygen atoms in total. The molecule has 1 unspecified atom stereocenters. The Bertz CT molecular complexity index is 546. The van der Waals surface area contributed by atoms with Crippen LogP contribution in [-0.4, -0.2) is 41.3 Å². The van der Waals surface area contributed by atoms with Crippen LogP contribution in [0.4, 0.5) is 4.79 Å². The van der Waals surface area contributed by atoms with Gasteiger partial charge in [-0.05, 0) is 25.5 Å². The summed E-state index contributed by atoms with van der Waals surface area (Å²) < 4.78 is 0. The first kappa shape index (κ1) is 15.1. The molecule has 3 amide bonds. The standard InChI is InChI=1S/C15H19N3O3/c1-11-3-2-4-12(6-5-11)14(20)16-8-10-18-9-7-13(19)17-15(18)21/h2-4,6-7,9,13,19H,5,8,10H2,1H3,(H,16,20)(H,17,21). The van der Waals surface area contributed by atoms with Crippen molar-refractivity contribution in [2.45, 2.75) is 19.6 Å². The predicted molar refractivity (Wildman–Crippen MR) is 79.0 cm³/mol. The fourth-order valence-electron chi connectivity index (χ4n) is 1.97. The number of aliphatic hydroxyl groups excluding tert-OH is 1. The number of aliphatic hydroxyl groups is 1. The van der Waals surface area contributed by atoms with Gasteiger partial charge in [0.2, 0.25) is 0 Å². The molecule has 1 aliphatic heterocycles. The van der Waals surface area contributed by atoms with Crippen molar-refractivity contribution < 1.29 is 14.7 Å². The van der Waals surface area contributed by atoms with Crippen LogP contribution in [-0.2, 0) is 4.79 Å². The maximum Gasteiger partial charge on any atom is 0.323 e. The van der Waals surface area contributed by atoms with Crippen LogP contribution in [0.2, 0.25) is 0 Å². The van der Waals surface area contributed by atoms with E-state index in [4.69, 9.17) is 0 Å². The zero-order chi connectivity index (χ0) is 15.2. The van der Waals surface area contributed by atoms with E-state index in [0.717, 1.165) is 6.42 Å². The first-order chi connectivity index (χ1) is 10.1. The van der Waals surface area contributed by atoms with Crippen LogP contribution in [0.25, 0.3) is 0 Å². The summed E-state index contributed by atoms with van der Waals surface area (Å²) in [5, 5.41) is 14.3. The molecule has 0 fully saturated rings. The van der Waals surface area contributed by atoms with Gasteiger partial charge in [-0.2, -0.15) is 0 Å². The Balaban J connectivity index is 1.80. The highest BCUT2D eigenvalue weighted by Crippen LogP contribution is 2.11. The third-order valence-electron chi connectivity index (χ3n) is 3.18. The third kappa shape index (κ3) is 4.32. The summed E-state index contributed by atoms with van der Waals surface area (Å²) >= 11 is 0. The summed E-state index contributed by atoms with van der Waals surface area (Å²) in [5.74, 6) is -0.157. The lowest BCUT2D eigenvalue weighted by molar-refractivity contribution is -0.117. The number of carbonyl (C=O) groups is 2. The van der Waals surface area contributed by atoms with Gasteiger partial charge in [-0.3, -0.25) is 9.69 Å². The van der Waals surface area contributed by atoms with Crippen molar-refractivity contribution in [1.82, 2.24) is 15.5 Å². The van der Waals surface area contributed by atoms with Crippen molar-refractivity contribution >= 4 is 11.9 Å². The highest BCUT2D eigenvalue weighted by atomic mass is 16.3. The van der Waals surface area contributed by atoms with Gasteiger partial charge in [-0.15, -0.1) is 0 Å². The van der Waals surface area contributed by atoms with Crippen LogP contribution in [0.3, 0.4) is 0 Å². The monoisotopic (exact) mass is 289 g/mol. The minimum atomic E-state index is -0.944. The maximum atomic E-state index is 12.0. The van der Waals surface area contributed by atoms with Gasteiger partial charge in [0.05, 0.1) is 0 Å². The number of nitrogens with one attached hydrogen (secondary N) is 2. The second-order valence-corrected chi connectivity index (χ2v) is 4.92. The van der Waals surface area contributed by atoms with Gasteiger partial charge in [0.25, 0.3) is 5.91 Å². The average Bonchev–Trinajstić information content (AvgIpc) is 2.66. The van der Waals surface area contributed by atoms with Gasteiger partial charge >= 0.3 is 6.03 Å². The molecule has 0 aromatic carbocycles. The molecule has 0 saturated heterocycles. The molecule has 1 heterocycles. The van der Waals surface area contributed by atoms with Gasteiger partial charge in [0, 0.05) is 24.9 Å². The molecular weight excluding hydrogens is 270 g/mol. The molecule has 1 aliphatic carbocycles. The van der Waals surface area contributed by atoms with Gasteiger partial charge in [0.15, 0.2) is 0 Å². The first-order valence-corrected chi connectivity index (χ1v) is 6.82. The van der Waals surface area contributed by atoms with Crippen molar-refractivity contribution in [3.8, 4) is 0 Å². The topological polar surface area (TPSA) is 81.7 Å². The second kappa shape index (κ2) is 6.90. The SMILES string of the molecule is CC1=CC=CC(C(=O)NCCN2C=CC(O)NC2=O)=CC1. The number of hydrogen-bond donors (Lipinski definition) is 3. The summed E-state index contributed by atoms with van der Waals surface area (Å²) in [6.45, 7) is 2.69. The Kier molecular flexibility index (Phi) is 4.94. The van der Waals surface area contributed by atoms with E-state index in [1.165, 1.54) is 22.7 Å². The number of nitrogens with zero attached hydrogens (tertiary/aromatic N) is 1. The molecular formula is C15H19N3O3. The Morgan fingerprint density at radius 1 is 1.57 bits per heavy atom. The quantitative estimate of drug-likeness (QED) is 0.716. The van der Waals surface area contributed by atoms with Gasteiger partial charge in [-0.25, -0.2) is 4.79 Å². The number of carbonyl (C=O) groups excluding carboxylic acids is 2. The van der Waals surface area contributed by atoms with Crippen molar-refractivity contribution in [2.75, 3.05) is 13.1 Å². The summed E-state index contributed by atoms with van der Waals surface area (Å²) in [6, 6.07) is -0.382. The Hall–Kier alpha value is -2.34. The molecule has 2 rings (SSSR count). The van der Waals surface area contributed by atoms with E-state index in [0.29, 0.717) is 18.7 Å². The summed E-state index contributed by atoms with van der Waals surface area (Å²) in [4.78, 5) is 24.9. The molecule has 0 bridgehead atoms. The molecule has 2 aliphatic rings. The largest absolute Gasteiger partial charge is 0.370 e. The summed E-state index contributed by atoms with van der Waals surface area (Å²) in [7, 11) is 0. The van der Waals surface area contributed by atoms with Gasteiger partial charge in [0.1, 0.15) is 6.23 Å². The van der Waals surface area contributed by atoms with E-state index < -0.39 is 6.23 Å². The minimum Gasteiger partial charge on any atom is -0.370 e. The number of hydrogen-bond acceptors (Lipinski definition) is 3. The van der Waals surface area contributed by atoms with Gasteiger partial charge in [-0.1, -0.05) is 23.8 Å². The van der Waals surface area contributed by atoms with Crippen LogP contribution < -0.4 is 10.6 Å². The molecule has 21 heavy (non-hydrogen) atoms. The van der Waals surface area contributed by atoms with Crippen LogP contribution in [0.1, 0.15) is 13.3 Å². The Labute approximate surface area is 123 Å². The lowest BCUT2D eigenvalue weighted by Crippen LogP contribution is -2.47. The van der Waals surface area contributed by atoms with E-state index in [-0.39, 0.29) is 11.9 Å². The number of allylic oxidation sites excluding steroid dienone is 4. The average molecular weight is 289 g/mol. The van der Waals surface area contributed by atoms with E-state index >= 15 is 0 Å². The molecule has 0 saturated carbocycles. The minimum absolute atomic E-state index is 0.157. The molecule has 112 valence electrons. The van der Waals surface area contributed by atoms with Crippen molar-refractivity contribution in [3.05, 3.63) is 47.7 Å². The summed E-state index contributed by atoms with van der Waals surface area (Å²) in [5.41, 5.74) is 1.82. The molecule has 0 aromatic rings. The van der Waals surface area contributed by atoms with Crippen molar-refractivity contribution in [1.29, 1.82) is 0 Å². The van der Waals surface area contributed by atoms with Gasteiger partial charge < -0.3 is 15.7 Å². The zero-order valence-corrected chi connectivity index (χ0v) is 11.9. The van der Waals surface area contributed by atoms with E-state index in [1.807, 2.05) is 25.2 Å². The number of urea groups is 1. The van der Waals surface area contributed by atoms with Crippen LogP contribution >= 0.6 is 0 Å². The lowest BCUT2D eigenvalue weighted by atomic mass is 10.1. The van der Waals surface area contributed by atoms with E-state index in [1.54, 1.807) is 6.08 Å². The Morgan fingerprint density at radius 2 is 2.38 bits per heavy atom. The fourth-order valence-corrected chi connectivity index (χ4v) is 1.97. The fraction of sp³-hybridized carbons (Fsp3) is 0.333. The highest BCUT2D eigenvalue weighted by Gasteiger charge is 2.18. The summed E-state index contributed by atoms with van der Waals surface area (Å²) in [6.07, 6.45) is 10.3. The van der Waals surface area contributed by atoms with Crippen LogP contribution in [0, 0.1) is 0 Å². The molecule has 3 N–H and O–H groups in total. The first-order valence-electron chi connectivity index (χ1n) is 6.82. The predicted octanol–water partition coefficient (Wildman–Crippen LogP) is 0.793. The maximum absolute atomic E-state index is 12.0. The molecule has 1 atom stereocenters. The normalized spacial score (nSPS) is 21.3. The third-order valence-corrected chi connectivity index (χ3v) is 3.18. The molecule has 0 aromatic heterocycles. The van der Waals surface area contributed by atoms with Crippen LogP contribution in [0.5, 0.6) is 0 Å². The second-order valence-electron chi connectivity index (χ2n) is 4.92. The smallest absolute Gasteiger partial charge is 0.323 e. The zero-order valence-electron chi connectivity index (χ0n) is 11.9. The van der Waals surface area contributed by atoms with E-state index in [2.05, 4.69) is 10.6 Å². The molecule has 0 spiro atoms. The van der Waals surface area contributed by atoms with Crippen molar-refractivity contribution in [3.63, 3.8) is 0 Å². The molecule has 6 heteroatoms. The van der Waals surface area contributed by atoms with E-state index in [9.17, 15) is 14.7 Å².